The number of rotatable bonds is 2. The Kier molecular flexibility index (Phi) is 0.110. The van der Waals surface area contributed by atoms with E-state index in [9.17, 15) is 5.11 Å². The fourth-order valence-electron chi connectivity index (χ4n) is 17.5. The monoisotopic (exact) mass is 230 g/mol. The Morgan fingerprint density at radius 2 is 1.36 bits per heavy atom. The second-order valence-electron chi connectivity index (χ2n) is 10.3. The molecule has 0 aromatic heterocycles. The maximum absolute atomic E-state index is 9.43. The first-order valence-corrected chi connectivity index (χ1v) is 12.7. The van der Waals surface area contributed by atoms with E-state index in [4.69, 9.17) is 0 Å². The van der Waals surface area contributed by atoms with E-state index in [1.807, 2.05) is 0 Å². The third kappa shape index (κ3) is 0.0348. The van der Waals surface area contributed by atoms with Gasteiger partial charge in [-0.05, 0) is 0 Å². The van der Waals surface area contributed by atoms with Gasteiger partial charge >= 0.3 is 72.3 Å². The fourth-order valence-corrected chi connectivity index (χ4v) is 92.8. The van der Waals surface area contributed by atoms with Crippen LogP contribution in [0.2, 0.25) is 47.7 Å². The average Bonchev–Trinajstić information content (AvgIpc) is 3.14. The molecule has 2 heteroatoms. The summed E-state index contributed by atoms with van der Waals surface area (Å²) >= 11 is 0. The molecule has 0 radical (unpaired) electrons. The van der Waals surface area contributed by atoms with Gasteiger partial charge in [0.1, 0.15) is 0 Å². The third-order valence-electron chi connectivity index (χ3n) is 15.5. The van der Waals surface area contributed by atoms with Crippen LogP contribution in [0, 0.1) is 0 Å². The van der Waals surface area contributed by atoms with Gasteiger partial charge in [-0.2, -0.15) is 0 Å². The van der Waals surface area contributed by atoms with Crippen molar-refractivity contribution in [2.24, 2.45) is 0 Å². The van der Waals surface area contributed by atoms with Crippen LogP contribution in [0.3, 0.4) is 0 Å². The van der Waals surface area contributed by atoms with Crippen molar-refractivity contribution in [3.63, 3.8) is 0 Å². The van der Waals surface area contributed by atoms with Crippen molar-refractivity contribution in [2.75, 3.05) is 6.61 Å². The van der Waals surface area contributed by atoms with Crippen LogP contribution >= 0.6 is 0 Å². The van der Waals surface area contributed by atoms with Gasteiger partial charge in [-0.25, -0.2) is 0 Å². The van der Waals surface area contributed by atoms with Crippen molar-refractivity contribution < 1.29 is 11.6 Å². The van der Waals surface area contributed by atoms with Gasteiger partial charge in [0.15, 0.2) is 0 Å². The summed E-state index contributed by atoms with van der Waals surface area (Å²) in [5, 5.41) is 9.43. The standard InChI is InChI=1S/C7H9O.C5H5.Fe/c8-6-5-7-3-1-2-4-7;1-2-4-5-3-1;/h1-4,8H,5-6H2;1-5H;. The van der Waals surface area contributed by atoms with Gasteiger partial charge in [-0.15, -0.1) is 0 Å². The zero-order valence-electron chi connectivity index (χ0n) is 7.91. The van der Waals surface area contributed by atoms with Gasteiger partial charge in [0.2, 0.25) is 0 Å². The van der Waals surface area contributed by atoms with Crippen LogP contribution in [0.25, 0.3) is 0 Å². The molecule has 0 amide bonds. The molecule has 10 fully saturated rings. The minimum atomic E-state index is -2.70. The van der Waals surface area contributed by atoms with Crippen LogP contribution in [0.15, 0.2) is 0 Å². The summed E-state index contributed by atoms with van der Waals surface area (Å²) < 4.78 is 0.994. The van der Waals surface area contributed by atoms with Crippen molar-refractivity contribution in [1.82, 2.24) is 0 Å². The van der Waals surface area contributed by atoms with Gasteiger partial charge in [-0.1, -0.05) is 0 Å². The van der Waals surface area contributed by atoms with Crippen LogP contribution in [0.4, 0.5) is 0 Å². The molecule has 4 unspecified atom stereocenters. The predicted octanol–water partition coefficient (Wildman–Crippen LogP) is 3.13. The zero-order valence-corrected chi connectivity index (χ0v) is 9.02. The number of fused-ring (bicyclic) bond motifs is 10. The molecule has 14 heavy (non-hydrogen) atoms. The van der Waals surface area contributed by atoms with E-state index in [-0.39, 0.29) is 0 Å². The summed E-state index contributed by atoms with van der Waals surface area (Å²) in [7, 11) is 0. The van der Waals surface area contributed by atoms with E-state index in [2.05, 4.69) is 0 Å². The summed E-state index contributed by atoms with van der Waals surface area (Å²) in [6.45, 7) is -2.15. The molecule has 1 N–H and O–H groups in total. The second-order valence-corrected chi connectivity index (χ2v) is 34.0. The third-order valence-corrected chi connectivity index (χ3v) is 58.5. The SMILES string of the molecule is OCC[C]12[CH]3[CH]4[CH]5[CH]1[Fe]45321678[CH]2[CH]1[CH]6[CH]7[CH]28. The van der Waals surface area contributed by atoms with Crippen molar-refractivity contribution in [3.05, 3.63) is 0 Å². The van der Waals surface area contributed by atoms with Crippen LogP contribution in [0.1, 0.15) is 6.42 Å². The first kappa shape index (κ1) is 4.77. The van der Waals surface area contributed by atoms with Crippen LogP contribution < -0.4 is 0 Å². The van der Waals surface area contributed by atoms with E-state index < -0.39 is 6.51 Å². The minimum absolute atomic E-state index is 0.545. The molecule has 0 bridgehead atoms. The first-order valence-electron chi connectivity index (χ1n) is 6.43. The normalized spacial score (nSPS) is 142. The van der Waals surface area contributed by atoms with E-state index in [1.54, 1.807) is 0 Å². The Morgan fingerprint density at radius 3 is 1.57 bits per heavy atom. The molecule has 0 aromatic carbocycles. The first-order chi connectivity index (χ1) is 6.61. The van der Waals surface area contributed by atoms with Crippen molar-refractivity contribution >= 4 is 0 Å². The Bertz CT molecular complexity index is 786. The molecule has 4 atom stereocenters. The van der Waals surface area contributed by atoms with Gasteiger partial charge in [0.05, 0.1) is 0 Å². The quantitative estimate of drug-likeness (QED) is 0.722. The molecule has 1 spiro atoms. The molecule has 76 valence electrons. The summed E-state index contributed by atoms with van der Waals surface area (Å²) in [5.74, 6) is 0. The van der Waals surface area contributed by atoms with Gasteiger partial charge in [0.25, 0.3) is 0 Å². The molecule has 10 rings (SSSR count). The molecule has 0 aliphatic carbocycles. The van der Waals surface area contributed by atoms with Crippen molar-refractivity contribution in [2.45, 2.75) is 54.1 Å². The topological polar surface area (TPSA) is 20.2 Å². The Morgan fingerprint density at radius 1 is 0.857 bits per heavy atom. The van der Waals surface area contributed by atoms with Crippen molar-refractivity contribution in [3.8, 4) is 0 Å². The Hall–Kier alpha value is 0.479. The molecule has 10 saturated heterocycles. The number of aliphatic hydroxyl groups is 1. The van der Waals surface area contributed by atoms with Gasteiger partial charge < -0.3 is 0 Å². The number of hydrogen-bond acceptors (Lipinski definition) is 1. The van der Waals surface area contributed by atoms with Crippen molar-refractivity contribution in [1.29, 1.82) is 0 Å². The second kappa shape index (κ2) is 0.324. The van der Waals surface area contributed by atoms with E-state index in [1.165, 1.54) is 49.8 Å². The number of aliphatic hydroxyl groups excluding tert-OH is 1. The molecule has 1 nitrogen and oxygen atoms in total. The molecular weight excluding hydrogens is 216 g/mol. The van der Waals surface area contributed by atoms with E-state index >= 15 is 0 Å². The Balaban J connectivity index is 1.85. The average molecular weight is 230 g/mol. The molecule has 0 aromatic rings. The molecule has 0 saturated carbocycles. The Labute approximate surface area is 72.5 Å². The summed E-state index contributed by atoms with van der Waals surface area (Å²) in [6.07, 6.45) is 1.31. The van der Waals surface area contributed by atoms with Gasteiger partial charge in [-0.3, -0.25) is 0 Å². The molecule has 10 aliphatic rings. The molecule has 10 aliphatic heterocycles. The molecular formula is C12H14FeO. The zero-order chi connectivity index (χ0) is 8.43. The van der Waals surface area contributed by atoms with E-state index in [0.29, 0.717) is 6.61 Å². The summed E-state index contributed by atoms with van der Waals surface area (Å²) in [5.41, 5.74) is 0. The number of hydrogen-bond donors (Lipinski definition) is 1. The fraction of sp³-hybridized carbons (Fsp3) is 1.00. The summed E-state index contributed by atoms with van der Waals surface area (Å²) in [4.78, 5) is 13.0. The molecule has 10 heterocycles. The van der Waals surface area contributed by atoms with Gasteiger partial charge in [0, 0.05) is 0 Å². The summed E-state index contributed by atoms with van der Waals surface area (Å²) in [6, 6.07) is 0. The maximum atomic E-state index is 9.43. The van der Waals surface area contributed by atoms with Crippen LogP contribution in [-0.4, -0.2) is 11.7 Å². The van der Waals surface area contributed by atoms with E-state index in [0.717, 1.165) is 4.31 Å². The predicted molar refractivity (Wildman–Crippen MR) is 48.1 cm³/mol. The van der Waals surface area contributed by atoms with Crippen LogP contribution in [0.5, 0.6) is 0 Å². The van der Waals surface area contributed by atoms with Crippen LogP contribution in [-0.2, 0) is 6.51 Å².